The SMILES string of the molecule is C=CC=O.CNc1ccc(SNCCN2CCOCC2)cc1. The van der Waals surface area contributed by atoms with E-state index in [2.05, 4.69) is 45.8 Å². The van der Waals surface area contributed by atoms with Crippen molar-refractivity contribution in [3.63, 3.8) is 0 Å². The highest BCUT2D eigenvalue weighted by atomic mass is 32.2. The van der Waals surface area contributed by atoms with Gasteiger partial charge in [0.1, 0.15) is 6.29 Å². The molecule has 0 aliphatic carbocycles. The van der Waals surface area contributed by atoms with Gasteiger partial charge in [-0.15, -0.1) is 0 Å². The Kier molecular flexibility index (Phi) is 10.4. The molecule has 0 amide bonds. The standard InChI is InChI=1S/C13H21N3OS.C3H4O/c1-14-12-2-4-13(5-3-12)18-15-6-7-16-8-10-17-11-9-16;1-2-3-4/h2-5,14-15H,6-11H2,1H3;2-3H,1H2. The molecule has 0 spiro atoms. The first-order chi connectivity index (χ1) is 10.8. The van der Waals surface area contributed by atoms with Crippen LogP contribution in [0.1, 0.15) is 0 Å². The smallest absolute Gasteiger partial charge is 0.142 e. The second-order valence-corrected chi connectivity index (χ2v) is 5.56. The summed E-state index contributed by atoms with van der Waals surface area (Å²) in [5.74, 6) is 0. The number of allylic oxidation sites excluding steroid dienone is 1. The maximum atomic E-state index is 9.06. The fraction of sp³-hybridized carbons (Fsp3) is 0.438. The van der Waals surface area contributed by atoms with E-state index in [0.717, 1.165) is 45.1 Å². The van der Waals surface area contributed by atoms with E-state index in [0.29, 0.717) is 6.29 Å². The van der Waals surface area contributed by atoms with Crippen LogP contribution in [-0.4, -0.2) is 57.6 Å². The van der Waals surface area contributed by atoms with Crippen LogP contribution in [0, 0.1) is 0 Å². The number of nitrogens with zero attached hydrogens (tertiary/aromatic N) is 1. The molecular weight excluding hydrogens is 298 g/mol. The number of carbonyl (C=O) groups is 1. The molecule has 6 heteroatoms. The molecule has 0 unspecified atom stereocenters. The molecule has 1 aliphatic rings. The van der Waals surface area contributed by atoms with E-state index in [1.807, 2.05) is 7.05 Å². The van der Waals surface area contributed by atoms with Gasteiger partial charge in [-0.1, -0.05) is 6.58 Å². The average molecular weight is 323 g/mol. The van der Waals surface area contributed by atoms with Crippen LogP contribution in [0.3, 0.4) is 0 Å². The number of carbonyl (C=O) groups excluding carboxylic acids is 1. The summed E-state index contributed by atoms with van der Waals surface area (Å²) in [5.41, 5.74) is 1.15. The van der Waals surface area contributed by atoms with E-state index in [4.69, 9.17) is 9.53 Å². The van der Waals surface area contributed by atoms with Gasteiger partial charge in [-0.05, 0) is 42.3 Å². The number of hydrogen-bond acceptors (Lipinski definition) is 6. The predicted octanol–water partition coefficient (Wildman–Crippen LogP) is 2.03. The molecular formula is C16H25N3O2S. The van der Waals surface area contributed by atoms with E-state index in [1.165, 1.54) is 11.0 Å². The van der Waals surface area contributed by atoms with E-state index in [1.54, 1.807) is 11.9 Å². The minimum atomic E-state index is 0.639. The highest BCUT2D eigenvalue weighted by Gasteiger charge is 2.08. The van der Waals surface area contributed by atoms with Crippen molar-refractivity contribution < 1.29 is 9.53 Å². The van der Waals surface area contributed by atoms with Crippen molar-refractivity contribution in [3.05, 3.63) is 36.9 Å². The van der Waals surface area contributed by atoms with E-state index in [9.17, 15) is 0 Å². The van der Waals surface area contributed by atoms with Crippen LogP contribution in [0.4, 0.5) is 5.69 Å². The summed E-state index contributed by atoms with van der Waals surface area (Å²) < 4.78 is 8.72. The zero-order chi connectivity index (χ0) is 16.0. The van der Waals surface area contributed by atoms with Crippen molar-refractivity contribution in [1.29, 1.82) is 0 Å². The molecule has 1 saturated heterocycles. The van der Waals surface area contributed by atoms with E-state index < -0.39 is 0 Å². The van der Waals surface area contributed by atoms with Crippen molar-refractivity contribution >= 4 is 23.9 Å². The maximum Gasteiger partial charge on any atom is 0.142 e. The topological polar surface area (TPSA) is 53.6 Å². The predicted molar refractivity (Wildman–Crippen MR) is 93.4 cm³/mol. The molecule has 0 radical (unpaired) electrons. The molecule has 1 aromatic rings. The zero-order valence-corrected chi connectivity index (χ0v) is 13.9. The zero-order valence-electron chi connectivity index (χ0n) is 13.1. The highest BCUT2D eigenvalue weighted by molar-refractivity contribution is 7.97. The van der Waals surface area contributed by atoms with Gasteiger partial charge in [0.2, 0.25) is 0 Å². The second-order valence-electron chi connectivity index (χ2n) is 4.60. The van der Waals surface area contributed by atoms with Gasteiger partial charge in [0, 0.05) is 43.8 Å². The molecule has 0 saturated carbocycles. The number of benzene rings is 1. The van der Waals surface area contributed by atoms with Crippen LogP contribution in [0.25, 0.3) is 0 Å². The lowest BCUT2D eigenvalue weighted by atomic mass is 10.3. The third kappa shape index (κ3) is 8.19. The van der Waals surface area contributed by atoms with Crippen molar-refractivity contribution in [2.24, 2.45) is 0 Å². The molecule has 0 bridgehead atoms. The number of anilines is 1. The first-order valence-corrected chi connectivity index (χ1v) is 8.15. The van der Waals surface area contributed by atoms with Crippen LogP contribution < -0.4 is 10.0 Å². The lowest BCUT2D eigenvalue weighted by molar-refractivity contribution is -0.104. The Balaban J connectivity index is 0.000000541. The van der Waals surface area contributed by atoms with Crippen molar-refractivity contribution in [2.45, 2.75) is 4.90 Å². The quantitative estimate of drug-likeness (QED) is 0.347. The summed E-state index contributed by atoms with van der Waals surface area (Å²) in [5, 5.41) is 3.12. The molecule has 122 valence electrons. The minimum Gasteiger partial charge on any atom is -0.388 e. The molecule has 1 heterocycles. The van der Waals surface area contributed by atoms with Gasteiger partial charge in [-0.3, -0.25) is 14.4 Å². The molecule has 2 rings (SSSR count). The largest absolute Gasteiger partial charge is 0.388 e. The van der Waals surface area contributed by atoms with E-state index >= 15 is 0 Å². The summed E-state index contributed by atoms with van der Waals surface area (Å²) in [6, 6.07) is 8.43. The van der Waals surface area contributed by atoms with Gasteiger partial charge in [-0.25, -0.2) is 0 Å². The first-order valence-electron chi connectivity index (χ1n) is 7.34. The van der Waals surface area contributed by atoms with E-state index in [-0.39, 0.29) is 0 Å². The monoisotopic (exact) mass is 323 g/mol. The van der Waals surface area contributed by atoms with Crippen molar-refractivity contribution in [1.82, 2.24) is 9.62 Å². The third-order valence-electron chi connectivity index (χ3n) is 3.06. The Morgan fingerprint density at radius 1 is 1.32 bits per heavy atom. The summed E-state index contributed by atoms with van der Waals surface area (Å²) in [7, 11) is 1.93. The van der Waals surface area contributed by atoms with Gasteiger partial charge in [0.25, 0.3) is 0 Å². The maximum absolute atomic E-state index is 9.06. The Morgan fingerprint density at radius 3 is 2.50 bits per heavy atom. The molecule has 0 atom stereocenters. The Morgan fingerprint density at radius 2 is 1.95 bits per heavy atom. The summed E-state index contributed by atoms with van der Waals surface area (Å²) >= 11 is 1.69. The molecule has 22 heavy (non-hydrogen) atoms. The third-order valence-corrected chi connectivity index (χ3v) is 3.92. The van der Waals surface area contributed by atoms with Crippen LogP contribution >= 0.6 is 11.9 Å². The molecule has 1 fully saturated rings. The number of rotatable bonds is 7. The number of ether oxygens (including phenoxy) is 1. The van der Waals surface area contributed by atoms with Gasteiger partial charge >= 0.3 is 0 Å². The molecule has 0 aromatic heterocycles. The Hall–Kier alpha value is -1.34. The Bertz CT molecular complexity index is 414. The van der Waals surface area contributed by atoms with Gasteiger partial charge in [-0.2, -0.15) is 0 Å². The molecule has 2 N–H and O–H groups in total. The second kappa shape index (κ2) is 12.2. The number of morpholine rings is 1. The number of aldehydes is 1. The lowest BCUT2D eigenvalue weighted by Gasteiger charge is -2.26. The molecule has 1 aliphatic heterocycles. The minimum absolute atomic E-state index is 0.639. The van der Waals surface area contributed by atoms with Crippen molar-refractivity contribution in [3.8, 4) is 0 Å². The lowest BCUT2D eigenvalue weighted by Crippen LogP contribution is -2.39. The van der Waals surface area contributed by atoms with Gasteiger partial charge < -0.3 is 10.1 Å². The van der Waals surface area contributed by atoms with Crippen molar-refractivity contribution in [2.75, 3.05) is 51.8 Å². The molecule has 5 nitrogen and oxygen atoms in total. The number of hydrogen-bond donors (Lipinski definition) is 2. The highest BCUT2D eigenvalue weighted by Crippen LogP contribution is 2.17. The van der Waals surface area contributed by atoms with Crippen LogP contribution in [-0.2, 0) is 9.53 Å². The molecule has 1 aromatic carbocycles. The van der Waals surface area contributed by atoms with Crippen LogP contribution in [0.2, 0.25) is 0 Å². The number of nitrogens with one attached hydrogen (secondary N) is 2. The fourth-order valence-corrected chi connectivity index (χ4v) is 2.48. The summed E-state index contributed by atoms with van der Waals surface area (Å²) in [6.45, 7) is 9.06. The normalized spacial score (nSPS) is 14.6. The van der Waals surface area contributed by atoms with Gasteiger partial charge in [0.05, 0.1) is 13.2 Å². The summed E-state index contributed by atoms with van der Waals surface area (Å²) in [4.78, 5) is 12.7. The fourth-order valence-electron chi connectivity index (χ4n) is 1.85. The van der Waals surface area contributed by atoms with Gasteiger partial charge in [0.15, 0.2) is 0 Å². The average Bonchev–Trinajstić information content (AvgIpc) is 2.60. The van der Waals surface area contributed by atoms with Crippen LogP contribution in [0.5, 0.6) is 0 Å². The van der Waals surface area contributed by atoms with Crippen LogP contribution in [0.15, 0.2) is 41.8 Å². The Labute approximate surface area is 137 Å². The first kappa shape index (κ1) is 18.7. The summed E-state index contributed by atoms with van der Waals surface area (Å²) in [6.07, 6.45) is 1.83.